The zero-order valence-corrected chi connectivity index (χ0v) is 21.7. The number of carboxylic acids is 1. The summed E-state index contributed by atoms with van der Waals surface area (Å²) in [5, 5.41) is 7.42. The molecule has 0 rings (SSSR count). The SMILES string of the molecule is CC(=O)O.CCCCCCCCCCCCCOCCCCCCCCCCCCC.[NaH]. The van der Waals surface area contributed by atoms with E-state index in [-0.39, 0.29) is 29.6 Å². The Hall–Kier alpha value is 0.430. The molecule has 190 valence electrons. The van der Waals surface area contributed by atoms with E-state index in [1.807, 2.05) is 0 Å². The molecule has 0 radical (unpaired) electrons. The van der Waals surface area contributed by atoms with E-state index < -0.39 is 5.97 Å². The van der Waals surface area contributed by atoms with Crippen molar-refractivity contribution in [1.29, 1.82) is 0 Å². The van der Waals surface area contributed by atoms with Gasteiger partial charge in [0.25, 0.3) is 5.97 Å². The molecule has 0 spiro atoms. The summed E-state index contributed by atoms with van der Waals surface area (Å²) >= 11 is 0. The third-order valence-corrected chi connectivity index (χ3v) is 5.78. The van der Waals surface area contributed by atoms with Crippen molar-refractivity contribution in [3.05, 3.63) is 0 Å². The fourth-order valence-electron chi connectivity index (χ4n) is 3.84. The number of ether oxygens (including phenoxy) is 1. The normalized spacial score (nSPS) is 10.3. The minimum absolute atomic E-state index is 0. The Labute approximate surface area is 224 Å². The fraction of sp³-hybridized carbons (Fsp3) is 0.964. The average Bonchev–Trinajstić information content (AvgIpc) is 2.74. The minimum atomic E-state index is -0.833. The first kappa shape index (κ1) is 37.0. The van der Waals surface area contributed by atoms with E-state index in [4.69, 9.17) is 14.6 Å². The summed E-state index contributed by atoms with van der Waals surface area (Å²) < 4.78 is 5.80. The second-order valence-corrected chi connectivity index (χ2v) is 9.20. The Morgan fingerprint density at radius 1 is 0.500 bits per heavy atom. The molecule has 4 heteroatoms. The number of rotatable bonds is 24. The van der Waals surface area contributed by atoms with E-state index in [1.54, 1.807) is 0 Å². The van der Waals surface area contributed by atoms with Crippen molar-refractivity contribution in [2.75, 3.05) is 13.2 Å². The summed E-state index contributed by atoms with van der Waals surface area (Å²) in [5.41, 5.74) is 0. The zero-order chi connectivity index (χ0) is 23.3. The van der Waals surface area contributed by atoms with E-state index in [2.05, 4.69) is 13.8 Å². The van der Waals surface area contributed by atoms with Crippen LogP contribution in [0.3, 0.4) is 0 Å². The van der Waals surface area contributed by atoms with Crippen molar-refractivity contribution in [3.63, 3.8) is 0 Å². The van der Waals surface area contributed by atoms with Gasteiger partial charge >= 0.3 is 29.6 Å². The molecule has 0 heterocycles. The van der Waals surface area contributed by atoms with Gasteiger partial charge in [-0.3, -0.25) is 4.79 Å². The number of hydrogen-bond acceptors (Lipinski definition) is 2. The molecule has 0 atom stereocenters. The van der Waals surface area contributed by atoms with Crippen molar-refractivity contribution in [3.8, 4) is 0 Å². The number of carboxylic acid groups (broad SMARTS) is 1. The van der Waals surface area contributed by atoms with E-state index in [9.17, 15) is 0 Å². The second-order valence-electron chi connectivity index (χ2n) is 9.20. The molecule has 0 saturated heterocycles. The number of aliphatic carboxylic acids is 1. The fourth-order valence-corrected chi connectivity index (χ4v) is 3.84. The standard InChI is InChI=1S/C26H54O.C2H4O2.Na.H/c1-3-5-7-9-11-13-15-17-19-21-23-25-27-26-24-22-20-18-16-14-12-10-8-6-4-2;1-2(3)4;;/h3-26H2,1-2H3;1H3,(H,3,4);;. The second kappa shape index (κ2) is 36.0. The van der Waals surface area contributed by atoms with Crippen LogP contribution < -0.4 is 0 Å². The predicted octanol–water partition coefficient (Wildman–Crippen LogP) is 9.07. The van der Waals surface area contributed by atoms with Gasteiger partial charge in [-0.1, -0.05) is 142 Å². The monoisotopic (exact) mass is 466 g/mol. The van der Waals surface area contributed by atoms with Crippen LogP contribution in [0.15, 0.2) is 0 Å². The van der Waals surface area contributed by atoms with Gasteiger partial charge in [0.05, 0.1) is 0 Å². The number of carbonyl (C=O) groups is 1. The summed E-state index contributed by atoms with van der Waals surface area (Å²) in [6.07, 6.45) is 31.1. The van der Waals surface area contributed by atoms with E-state index in [0.717, 1.165) is 20.1 Å². The van der Waals surface area contributed by atoms with Crippen LogP contribution in [0.4, 0.5) is 0 Å². The molecule has 0 fully saturated rings. The molecule has 0 aromatic carbocycles. The molecule has 0 aliphatic rings. The van der Waals surface area contributed by atoms with Crippen LogP contribution in [-0.4, -0.2) is 53.8 Å². The molecule has 0 bridgehead atoms. The van der Waals surface area contributed by atoms with Crippen molar-refractivity contribution >= 4 is 35.5 Å². The summed E-state index contributed by atoms with van der Waals surface area (Å²) in [4.78, 5) is 9.00. The Kier molecular flexibility index (Phi) is 41.6. The molecular formula is C28H59NaO3. The van der Waals surface area contributed by atoms with Crippen LogP contribution in [0, 0.1) is 0 Å². The van der Waals surface area contributed by atoms with Crippen molar-refractivity contribution < 1.29 is 14.6 Å². The van der Waals surface area contributed by atoms with Crippen LogP contribution >= 0.6 is 0 Å². The van der Waals surface area contributed by atoms with Gasteiger partial charge in [-0.25, -0.2) is 0 Å². The third kappa shape index (κ3) is 44.2. The van der Waals surface area contributed by atoms with Crippen LogP contribution in [0.1, 0.15) is 162 Å². The van der Waals surface area contributed by atoms with Crippen LogP contribution in [-0.2, 0) is 9.53 Å². The summed E-state index contributed by atoms with van der Waals surface area (Å²) in [7, 11) is 0. The molecule has 0 aliphatic carbocycles. The molecule has 0 unspecified atom stereocenters. The van der Waals surface area contributed by atoms with Gasteiger partial charge < -0.3 is 9.84 Å². The Morgan fingerprint density at radius 3 is 0.906 bits per heavy atom. The van der Waals surface area contributed by atoms with Crippen molar-refractivity contribution in [2.24, 2.45) is 0 Å². The van der Waals surface area contributed by atoms with Gasteiger partial charge in [0, 0.05) is 20.1 Å². The van der Waals surface area contributed by atoms with Gasteiger partial charge in [0.2, 0.25) is 0 Å². The zero-order valence-electron chi connectivity index (χ0n) is 21.7. The Balaban J connectivity index is -0.00000154. The molecular weight excluding hydrogens is 407 g/mol. The first-order chi connectivity index (χ1) is 15.1. The van der Waals surface area contributed by atoms with E-state index in [0.29, 0.717) is 0 Å². The first-order valence-corrected chi connectivity index (χ1v) is 13.9. The number of unbranched alkanes of at least 4 members (excludes halogenated alkanes) is 20. The molecule has 0 aliphatic heterocycles. The molecule has 0 saturated carbocycles. The Bertz CT molecular complexity index is 296. The van der Waals surface area contributed by atoms with Crippen LogP contribution in [0.2, 0.25) is 0 Å². The molecule has 0 amide bonds. The van der Waals surface area contributed by atoms with Crippen molar-refractivity contribution in [2.45, 2.75) is 162 Å². The Morgan fingerprint density at radius 2 is 0.688 bits per heavy atom. The van der Waals surface area contributed by atoms with Crippen LogP contribution in [0.5, 0.6) is 0 Å². The van der Waals surface area contributed by atoms with E-state index in [1.165, 1.54) is 141 Å². The van der Waals surface area contributed by atoms with Gasteiger partial charge in [0.1, 0.15) is 0 Å². The first-order valence-electron chi connectivity index (χ1n) is 13.9. The van der Waals surface area contributed by atoms with Crippen LogP contribution in [0.25, 0.3) is 0 Å². The maximum absolute atomic E-state index is 9.00. The average molecular weight is 467 g/mol. The quantitative estimate of drug-likeness (QED) is 0.114. The summed E-state index contributed by atoms with van der Waals surface area (Å²) in [5.74, 6) is -0.833. The van der Waals surface area contributed by atoms with Crippen molar-refractivity contribution in [1.82, 2.24) is 0 Å². The molecule has 1 N–H and O–H groups in total. The molecule has 0 aromatic rings. The van der Waals surface area contributed by atoms with Gasteiger partial charge in [-0.15, -0.1) is 0 Å². The van der Waals surface area contributed by atoms with Gasteiger partial charge in [-0.2, -0.15) is 0 Å². The van der Waals surface area contributed by atoms with Gasteiger partial charge in [0.15, 0.2) is 0 Å². The van der Waals surface area contributed by atoms with Gasteiger partial charge in [-0.05, 0) is 12.8 Å². The van der Waals surface area contributed by atoms with E-state index >= 15 is 0 Å². The molecule has 32 heavy (non-hydrogen) atoms. The molecule has 0 aromatic heterocycles. The number of hydrogen-bond donors (Lipinski definition) is 1. The topological polar surface area (TPSA) is 46.5 Å². The maximum atomic E-state index is 9.00. The summed E-state index contributed by atoms with van der Waals surface area (Å²) in [6.45, 7) is 7.66. The predicted molar refractivity (Wildman–Crippen MR) is 144 cm³/mol. The third-order valence-electron chi connectivity index (χ3n) is 5.78. The summed E-state index contributed by atoms with van der Waals surface area (Å²) in [6, 6.07) is 0. The molecule has 3 nitrogen and oxygen atoms in total.